The Balaban J connectivity index is 2.42. The van der Waals surface area contributed by atoms with Crippen molar-refractivity contribution in [1.82, 2.24) is 4.90 Å². The van der Waals surface area contributed by atoms with E-state index in [1.807, 2.05) is 81.4 Å². The molecule has 0 fully saturated rings. The van der Waals surface area contributed by atoms with Gasteiger partial charge in [-0.3, -0.25) is 9.59 Å². The first-order chi connectivity index (χ1) is 15.2. The largest absolute Gasteiger partial charge is 0.377 e. The van der Waals surface area contributed by atoms with E-state index in [9.17, 15) is 9.59 Å². The quantitative estimate of drug-likeness (QED) is 0.521. The van der Waals surface area contributed by atoms with Gasteiger partial charge in [0.25, 0.3) is 0 Å². The lowest BCUT2D eigenvalue weighted by Crippen LogP contribution is -2.41. The number of anilines is 2. The van der Waals surface area contributed by atoms with Gasteiger partial charge in [-0.15, -0.1) is 0 Å². The number of hydrogen-bond donors (Lipinski definition) is 1. The molecule has 32 heavy (non-hydrogen) atoms. The van der Waals surface area contributed by atoms with Crippen LogP contribution in [0.4, 0.5) is 11.4 Å². The van der Waals surface area contributed by atoms with E-state index in [0.29, 0.717) is 6.54 Å². The summed E-state index contributed by atoms with van der Waals surface area (Å²) in [5.74, 6) is -0.133. The maximum Gasteiger partial charge on any atom is 0.230 e. The first-order valence-corrected chi connectivity index (χ1v) is 11.7. The predicted molar refractivity (Wildman–Crippen MR) is 134 cm³/mol. The van der Waals surface area contributed by atoms with Crippen LogP contribution in [-0.2, 0) is 16.1 Å². The van der Waals surface area contributed by atoms with E-state index < -0.39 is 0 Å². The lowest BCUT2D eigenvalue weighted by molar-refractivity contribution is -0.135. The summed E-state index contributed by atoms with van der Waals surface area (Å²) in [6.45, 7) is 10.5. The summed E-state index contributed by atoms with van der Waals surface area (Å²) in [6, 6.07) is 16.1. The van der Waals surface area contributed by atoms with E-state index >= 15 is 0 Å². The Bertz CT molecular complexity index is 893. The van der Waals surface area contributed by atoms with Gasteiger partial charge in [-0.1, -0.05) is 58.0 Å². The van der Waals surface area contributed by atoms with Gasteiger partial charge < -0.3 is 15.1 Å². The van der Waals surface area contributed by atoms with Crippen LogP contribution in [0.15, 0.2) is 48.5 Å². The number of rotatable bonds is 10. The van der Waals surface area contributed by atoms with Gasteiger partial charge in [-0.25, -0.2) is 0 Å². The Hall–Kier alpha value is -2.82. The van der Waals surface area contributed by atoms with Crippen LogP contribution < -0.4 is 10.2 Å². The maximum atomic E-state index is 13.8. The predicted octanol–water partition coefficient (Wildman–Crippen LogP) is 5.67. The van der Waals surface area contributed by atoms with Crippen LogP contribution in [0.5, 0.6) is 0 Å². The van der Waals surface area contributed by atoms with Crippen LogP contribution in [0.3, 0.4) is 0 Å². The average molecular weight is 438 g/mol. The molecule has 0 spiro atoms. The van der Waals surface area contributed by atoms with E-state index in [1.54, 1.807) is 0 Å². The van der Waals surface area contributed by atoms with E-state index in [4.69, 9.17) is 0 Å². The van der Waals surface area contributed by atoms with Crippen molar-refractivity contribution in [1.29, 1.82) is 0 Å². The molecule has 0 aliphatic heterocycles. The molecule has 1 N–H and O–H groups in total. The second-order valence-electron chi connectivity index (χ2n) is 8.98. The zero-order valence-electron chi connectivity index (χ0n) is 20.7. The van der Waals surface area contributed by atoms with Gasteiger partial charge in [0, 0.05) is 44.0 Å². The van der Waals surface area contributed by atoms with Crippen molar-refractivity contribution in [3.8, 4) is 0 Å². The minimum absolute atomic E-state index is 0.0152. The van der Waals surface area contributed by atoms with E-state index in [-0.39, 0.29) is 29.7 Å². The van der Waals surface area contributed by atoms with Crippen LogP contribution >= 0.6 is 0 Å². The number of carbonyl (C=O) groups is 2. The molecule has 0 aliphatic carbocycles. The van der Waals surface area contributed by atoms with Crippen molar-refractivity contribution in [3.63, 3.8) is 0 Å². The van der Waals surface area contributed by atoms with Crippen LogP contribution in [0, 0.1) is 5.92 Å². The molecule has 0 heterocycles. The van der Waals surface area contributed by atoms with Gasteiger partial charge in [0.2, 0.25) is 11.8 Å². The minimum Gasteiger partial charge on any atom is -0.377 e. The Morgan fingerprint density at radius 3 is 2.12 bits per heavy atom. The zero-order chi connectivity index (χ0) is 23.8. The topological polar surface area (TPSA) is 52.7 Å². The fraction of sp³-hybridized carbons (Fsp3) is 0.481. The molecule has 2 aromatic carbocycles. The molecule has 5 nitrogen and oxygen atoms in total. The third-order valence-electron chi connectivity index (χ3n) is 6.01. The van der Waals surface area contributed by atoms with Gasteiger partial charge in [-0.2, -0.15) is 0 Å². The normalized spacial score (nSPS) is 12.9. The van der Waals surface area contributed by atoms with Gasteiger partial charge >= 0.3 is 0 Å². The summed E-state index contributed by atoms with van der Waals surface area (Å²) < 4.78 is 0. The highest BCUT2D eigenvalue weighted by molar-refractivity contribution is 5.92. The molecule has 0 aromatic heterocycles. The standard InChI is InChI=1S/C27H39N3O2/c1-8-20(5)30(27(32)24(9-2)21-13-11-10-12-14-21)18-22-17-23(28-26(31)19(3)4)15-16-25(22)29(6)7/h10-17,19-20,24H,8-9,18H2,1-7H3,(H,28,31)/t20-,24-/m1/s1. The molecule has 174 valence electrons. The molecule has 0 aliphatic rings. The van der Waals surface area contributed by atoms with Crippen molar-refractivity contribution >= 4 is 23.2 Å². The van der Waals surface area contributed by atoms with E-state index in [2.05, 4.69) is 31.0 Å². The summed E-state index contributed by atoms with van der Waals surface area (Å²) >= 11 is 0. The van der Waals surface area contributed by atoms with Crippen LogP contribution in [0.25, 0.3) is 0 Å². The number of carbonyl (C=O) groups excluding carboxylic acids is 2. The first kappa shape index (κ1) is 25.4. The van der Waals surface area contributed by atoms with Crippen molar-refractivity contribution in [2.75, 3.05) is 24.3 Å². The summed E-state index contributed by atoms with van der Waals surface area (Å²) in [7, 11) is 4.00. The summed E-state index contributed by atoms with van der Waals surface area (Å²) in [5.41, 5.74) is 3.88. The summed E-state index contributed by atoms with van der Waals surface area (Å²) in [6.07, 6.45) is 1.62. The Morgan fingerprint density at radius 1 is 0.938 bits per heavy atom. The van der Waals surface area contributed by atoms with Crippen LogP contribution in [-0.4, -0.2) is 36.9 Å². The molecular weight excluding hydrogens is 398 g/mol. The van der Waals surface area contributed by atoms with Crippen LogP contribution in [0.2, 0.25) is 0 Å². The molecule has 0 saturated heterocycles. The second-order valence-corrected chi connectivity index (χ2v) is 8.98. The average Bonchev–Trinajstić information content (AvgIpc) is 2.77. The van der Waals surface area contributed by atoms with Crippen LogP contribution in [0.1, 0.15) is 64.5 Å². The Kier molecular flexibility index (Phi) is 9.30. The second kappa shape index (κ2) is 11.7. The highest BCUT2D eigenvalue weighted by Gasteiger charge is 2.28. The Labute approximate surface area is 193 Å². The van der Waals surface area contributed by atoms with E-state index in [1.165, 1.54) is 0 Å². The molecule has 0 unspecified atom stereocenters. The zero-order valence-corrected chi connectivity index (χ0v) is 20.7. The summed E-state index contributed by atoms with van der Waals surface area (Å²) in [4.78, 5) is 30.0. The SMILES string of the molecule is CC[C@@H](C)N(Cc1cc(NC(=O)C(C)C)ccc1N(C)C)C(=O)[C@H](CC)c1ccccc1. The number of nitrogens with one attached hydrogen (secondary N) is 1. The molecule has 2 atom stereocenters. The smallest absolute Gasteiger partial charge is 0.230 e. The fourth-order valence-electron chi connectivity index (χ4n) is 3.81. The molecule has 0 saturated carbocycles. The lowest BCUT2D eigenvalue weighted by Gasteiger charge is -2.33. The number of amides is 2. The first-order valence-electron chi connectivity index (χ1n) is 11.7. The molecule has 0 radical (unpaired) electrons. The molecule has 0 bridgehead atoms. The van der Waals surface area contributed by atoms with Crippen molar-refractivity contribution in [3.05, 3.63) is 59.7 Å². The highest BCUT2D eigenvalue weighted by atomic mass is 16.2. The van der Waals surface area contributed by atoms with Crippen molar-refractivity contribution in [2.45, 2.75) is 66.0 Å². The monoisotopic (exact) mass is 437 g/mol. The minimum atomic E-state index is -0.170. The van der Waals surface area contributed by atoms with E-state index in [0.717, 1.165) is 35.3 Å². The molecule has 5 heteroatoms. The van der Waals surface area contributed by atoms with Gasteiger partial charge in [-0.05, 0) is 49.1 Å². The summed E-state index contributed by atoms with van der Waals surface area (Å²) in [5, 5.41) is 2.99. The number of nitrogens with zero attached hydrogens (tertiary/aromatic N) is 2. The maximum absolute atomic E-state index is 13.8. The fourth-order valence-corrected chi connectivity index (χ4v) is 3.81. The van der Waals surface area contributed by atoms with Gasteiger partial charge in [0.15, 0.2) is 0 Å². The number of hydrogen-bond acceptors (Lipinski definition) is 3. The van der Waals surface area contributed by atoms with Crippen molar-refractivity contribution in [2.24, 2.45) is 5.92 Å². The van der Waals surface area contributed by atoms with Crippen molar-refractivity contribution < 1.29 is 9.59 Å². The molecule has 2 rings (SSSR count). The Morgan fingerprint density at radius 2 is 1.59 bits per heavy atom. The molecule has 2 amide bonds. The molecular formula is C27H39N3O2. The van der Waals surface area contributed by atoms with Gasteiger partial charge in [0.1, 0.15) is 0 Å². The number of benzene rings is 2. The highest BCUT2D eigenvalue weighted by Crippen LogP contribution is 2.29. The third-order valence-corrected chi connectivity index (χ3v) is 6.01. The lowest BCUT2D eigenvalue weighted by atomic mass is 9.94. The molecule has 2 aromatic rings. The van der Waals surface area contributed by atoms with Gasteiger partial charge in [0.05, 0.1) is 5.92 Å². The third kappa shape index (κ3) is 6.35.